The average Bonchev–Trinajstić information content (AvgIpc) is 2.27. The Labute approximate surface area is 116 Å². The molecule has 1 aromatic rings. The predicted molar refractivity (Wildman–Crippen MR) is 74.8 cm³/mol. The van der Waals surface area contributed by atoms with Gasteiger partial charge in [0.05, 0.1) is 5.41 Å². The molecule has 0 aliphatic carbocycles. The first-order chi connectivity index (χ1) is 8.37. The Morgan fingerprint density at radius 3 is 2.61 bits per heavy atom. The zero-order valence-corrected chi connectivity index (χ0v) is 12.3. The number of carboxylic acid groups (broad SMARTS) is 1. The van der Waals surface area contributed by atoms with Gasteiger partial charge in [0.15, 0.2) is 0 Å². The lowest BCUT2D eigenvalue weighted by atomic mass is 9.67. The number of aliphatic carboxylic acids is 1. The molecule has 0 aromatic heterocycles. The van der Waals surface area contributed by atoms with Gasteiger partial charge in [-0.25, -0.2) is 0 Å². The molecule has 2 rings (SSSR count). The second-order valence-electron chi connectivity index (χ2n) is 5.60. The van der Waals surface area contributed by atoms with E-state index in [0.29, 0.717) is 12.8 Å². The molecule has 1 heterocycles. The maximum atomic E-state index is 11.9. The van der Waals surface area contributed by atoms with Crippen LogP contribution in [0.5, 0.6) is 0 Å². The standard InChI is InChI=1S/C14H18BrNO2/c1-13(2)9-14(12(17)18,7-8-16-13)10-5-3-4-6-11(10)15/h3-6,16H,7-9H2,1-2H3,(H,17,18). The van der Waals surface area contributed by atoms with Gasteiger partial charge in [0.2, 0.25) is 0 Å². The maximum absolute atomic E-state index is 11.9. The van der Waals surface area contributed by atoms with Crippen LogP contribution < -0.4 is 5.32 Å². The first-order valence-corrected chi connectivity index (χ1v) is 6.90. The van der Waals surface area contributed by atoms with Crippen LogP contribution in [0.1, 0.15) is 32.3 Å². The zero-order chi connectivity index (χ0) is 13.4. The molecule has 0 amide bonds. The molecular weight excluding hydrogens is 294 g/mol. The van der Waals surface area contributed by atoms with Crippen molar-refractivity contribution in [2.24, 2.45) is 0 Å². The summed E-state index contributed by atoms with van der Waals surface area (Å²) in [5, 5.41) is 13.1. The molecule has 0 radical (unpaired) electrons. The highest BCUT2D eigenvalue weighted by Crippen LogP contribution is 2.42. The first kappa shape index (κ1) is 13.6. The predicted octanol–water partition coefficient (Wildman–Crippen LogP) is 2.93. The van der Waals surface area contributed by atoms with Crippen LogP contribution >= 0.6 is 15.9 Å². The molecule has 1 fully saturated rings. The van der Waals surface area contributed by atoms with Crippen molar-refractivity contribution in [3.8, 4) is 0 Å². The van der Waals surface area contributed by atoms with E-state index in [9.17, 15) is 9.90 Å². The molecule has 4 heteroatoms. The van der Waals surface area contributed by atoms with Crippen molar-refractivity contribution in [2.75, 3.05) is 6.54 Å². The molecule has 1 atom stereocenters. The van der Waals surface area contributed by atoms with Crippen LogP contribution in [0.4, 0.5) is 0 Å². The van der Waals surface area contributed by atoms with E-state index in [-0.39, 0.29) is 5.54 Å². The van der Waals surface area contributed by atoms with Crippen molar-refractivity contribution in [1.82, 2.24) is 5.32 Å². The minimum Gasteiger partial charge on any atom is -0.481 e. The molecule has 0 saturated carbocycles. The molecule has 18 heavy (non-hydrogen) atoms. The van der Waals surface area contributed by atoms with Crippen molar-refractivity contribution < 1.29 is 9.90 Å². The third-order valence-corrected chi connectivity index (χ3v) is 4.39. The summed E-state index contributed by atoms with van der Waals surface area (Å²) >= 11 is 3.49. The fourth-order valence-electron chi connectivity index (χ4n) is 2.90. The van der Waals surface area contributed by atoms with Crippen molar-refractivity contribution in [3.63, 3.8) is 0 Å². The van der Waals surface area contributed by atoms with Crippen molar-refractivity contribution >= 4 is 21.9 Å². The van der Waals surface area contributed by atoms with E-state index in [1.165, 1.54) is 0 Å². The molecule has 2 N–H and O–H groups in total. The number of hydrogen-bond acceptors (Lipinski definition) is 2. The SMILES string of the molecule is CC1(C)CC(C(=O)O)(c2ccccc2Br)CCN1. The summed E-state index contributed by atoms with van der Waals surface area (Å²) in [6.45, 7) is 4.84. The van der Waals surface area contributed by atoms with Crippen molar-refractivity contribution in [2.45, 2.75) is 37.6 Å². The molecule has 98 valence electrons. The second kappa shape index (κ2) is 4.67. The van der Waals surface area contributed by atoms with Crippen molar-refractivity contribution in [3.05, 3.63) is 34.3 Å². The molecule has 1 aromatic carbocycles. The fraction of sp³-hybridized carbons (Fsp3) is 0.500. The minimum absolute atomic E-state index is 0.161. The third-order valence-electron chi connectivity index (χ3n) is 3.70. The Bertz CT molecular complexity index is 473. The maximum Gasteiger partial charge on any atom is 0.314 e. The Morgan fingerprint density at radius 1 is 1.39 bits per heavy atom. The highest BCUT2D eigenvalue weighted by atomic mass is 79.9. The highest BCUT2D eigenvalue weighted by Gasteiger charge is 2.47. The van der Waals surface area contributed by atoms with E-state index in [4.69, 9.17) is 0 Å². The first-order valence-electron chi connectivity index (χ1n) is 6.11. The summed E-state index contributed by atoms with van der Waals surface area (Å²) in [5.41, 5.74) is -0.0760. The second-order valence-corrected chi connectivity index (χ2v) is 6.46. The molecular formula is C14H18BrNO2. The van der Waals surface area contributed by atoms with Crippen LogP contribution in [0.15, 0.2) is 28.7 Å². The Hall–Kier alpha value is -0.870. The Balaban J connectivity index is 2.52. The topological polar surface area (TPSA) is 49.3 Å². The minimum atomic E-state index is -0.797. The van der Waals surface area contributed by atoms with Crippen LogP contribution in [-0.4, -0.2) is 23.2 Å². The lowest BCUT2D eigenvalue weighted by Crippen LogP contribution is -2.55. The number of carbonyl (C=O) groups is 1. The third kappa shape index (κ3) is 2.31. The molecule has 1 aliphatic heterocycles. The van der Waals surface area contributed by atoms with Crippen molar-refractivity contribution in [1.29, 1.82) is 0 Å². The average molecular weight is 312 g/mol. The van der Waals surface area contributed by atoms with Gasteiger partial charge in [-0.15, -0.1) is 0 Å². The molecule has 1 unspecified atom stereocenters. The van der Waals surface area contributed by atoms with E-state index in [1.807, 2.05) is 24.3 Å². The van der Waals surface area contributed by atoms with Crippen LogP contribution in [-0.2, 0) is 10.2 Å². The van der Waals surface area contributed by atoms with Gasteiger partial charge in [-0.1, -0.05) is 34.1 Å². The Morgan fingerprint density at radius 2 is 2.06 bits per heavy atom. The van der Waals surface area contributed by atoms with Crippen LogP contribution in [0.25, 0.3) is 0 Å². The summed E-state index contributed by atoms with van der Waals surface area (Å²) in [6.07, 6.45) is 1.21. The van der Waals surface area contributed by atoms with Gasteiger partial charge in [0, 0.05) is 10.0 Å². The largest absolute Gasteiger partial charge is 0.481 e. The zero-order valence-electron chi connectivity index (χ0n) is 10.7. The number of hydrogen-bond donors (Lipinski definition) is 2. The summed E-state index contributed by atoms with van der Waals surface area (Å²) in [7, 11) is 0. The number of nitrogens with one attached hydrogen (secondary N) is 1. The summed E-state index contributed by atoms with van der Waals surface area (Å²) < 4.78 is 0.880. The summed E-state index contributed by atoms with van der Waals surface area (Å²) in [4.78, 5) is 11.9. The van der Waals surface area contributed by atoms with E-state index in [1.54, 1.807) is 0 Å². The normalized spacial score (nSPS) is 26.8. The van der Waals surface area contributed by atoms with E-state index in [0.717, 1.165) is 16.6 Å². The molecule has 0 bridgehead atoms. The summed E-state index contributed by atoms with van der Waals surface area (Å²) in [5.74, 6) is -0.732. The smallest absolute Gasteiger partial charge is 0.314 e. The molecule has 3 nitrogen and oxygen atoms in total. The summed E-state index contributed by atoms with van der Waals surface area (Å²) in [6, 6.07) is 7.64. The van der Waals surface area contributed by atoms with Gasteiger partial charge in [-0.2, -0.15) is 0 Å². The molecule has 1 saturated heterocycles. The van der Waals surface area contributed by atoms with Gasteiger partial charge in [-0.3, -0.25) is 4.79 Å². The van der Waals surface area contributed by atoms with Gasteiger partial charge in [0.25, 0.3) is 0 Å². The Kier molecular flexibility index (Phi) is 3.52. The van der Waals surface area contributed by atoms with Crippen LogP contribution in [0.2, 0.25) is 0 Å². The van der Waals surface area contributed by atoms with E-state index in [2.05, 4.69) is 35.1 Å². The van der Waals surface area contributed by atoms with Crippen LogP contribution in [0.3, 0.4) is 0 Å². The quantitative estimate of drug-likeness (QED) is 0.883. The number of halogens is 1. The lowest BCUT2D eigenvalue weighted by molar-refractivity contribution is -0.146. The highest BCUT2D eigenvalue weighted by molar-refractivity contribution is 9.10. The molecule has 0 spiro atoms. The van der Waals surface area contributed by atoms with Gasteiger partial charge in [-0.05, 0) is 44.9 Å². The van der Waals surface area contributed by atoms with Crippen LogP contribution in [0, 0.1) is 0 Å². The number of benzene rings is 1. The van der Waals surface area contributed by atoms with Gasteiger partial charge in [0.1, 0.15) is 0 Å². The van der Waals surface area contributed by atoms with Gasteiger partial charge < -0.3 is 10.4 Å². The number of piperidine rings is 1. The number of rotatable bonds is 2. The fourth-order valence-corrected chi connectivity index (χ4v) is 3.56. The van der Waals surface area contributed by atoms with E-state index < -0.39 is 11.4 Å². The lowest BCUT2D eigenvalue weighted by Gasteiger charge is -2.43. The monoisotopic (exact) mass is 311 g/mol. The molecule has 1 aliphatic rings. The van der Waals surface area contributed by atoms with Gasteiger partial charge >= 0.3 is 5.97 Å². The number of carboxylic acids is 1. The van der Waals surface area contributed by atoms with E-state index >= 15 is 0 Å².